The first kappa shape index (κ1) is 20.7. The summed E-state index contributed by atoms with van der Waals surface area (Å²) in [6.07, 6.45) is 4.20. The SMILES string of the molecule is CC(C)Oc1ccc(C(=O)Nc2c(-c3ccn[nH]3)ccnc2N2CCC(F)(F)C2)cn1. The van der Waals surface area contributed by atoms with E-state index < -0.39 is 18.4 Å². The van der Waals surface area contributed by atoms with Gasteiger partial charge >= 0.3 is 0 Å². The van der Waals surface area contributed by atoms with Gasteiger partial charge in [-0.3, -0.25) is 9.89 Å². The average Bonchev–Trinajstić information content (AvgIpc) is 3.38. The molecule has 0 aromatic carbocycles. The maximum atomic E-state index is 13.8. The number of hydrogen-bond acceptors (Lipinski definition) is 6. The van der Waals surface area contributed by atoms with Crippen molar-refractivity contribution in [1.29, 1.82) is 0 Å². The summed E-state index contributed by atoms with van der Waals surface area (Å²) in [6.45, 7) is 3.44. The maximum Gasteiger partial charge on any atom is 0.266 e. The van der Waals surface area contributed by atoms with E-state index in [1.165, 1.54) is 17.3 Å². The highest BCUT2D eigenvalue weighted by atomic mass is 19.3. The minimum Gasteiger partial charge on any atom is -0.475 e. The minimum atomic E-state index is -2.80. The number of rotatable bonds is 6. The summed E-state index contributed by atoms with van der Waals surface area (Å²) in [5, 5.41) is 9.62. The largest absolute Gasteiger partial charge is 0.475 e. The number of carbonyl (C=O) groups is 1. The molecule has 162 valence electrons. The number of ether oxygens (including phenoxy) is 1. The van der Waals surface area contributed by atoms with Gasteiger partial charge in [0.15, 0.2) is 5.82 Å². The quantitative estimate of drug-likeness (QED) is 0.621. The van der Waals surface area contributed by atoms with E-state index in [-0.39, 0.29) is 24.9 Å². The van der Waals surface area contributed by atoms with E-state index in [2.05, 4.69) is 25.5 Å². The van der Waals surface area contributed by atoms with E-state index in [9.17, 15) is 13.6 Å². The van der Waals surface area contributed by atoms with Crippen LogP contribution in [0.5, 0.6) is 5.88 Å². The summed E-state index contributed by atoms with van der Waals surface area (Å²) < 4.78 is 33.2. The Balaban J connectivity index is 1.66. The molecule has 0 bridgehead atoms. The Morgan fingerprint density at radius 1 is 1.23 bits per heavy atom. The van der Waals surface area contributed by atoms with Gasteiger partial charge in [-0.05, 0) is 32.0 Å². The first-order valence-electron chi connectivity index (χ1n) is 9.88. The lowest BCUT2D eigenvalue weighted by molar-refractivity contribution is 0.0257. The van der Waals surface area contributed by atoms with E-state index in [1.54, 1.807) is 30.5 Å². The van der Waals surface area contributed by atoms with Crippen molar-refractivity contribution in [1.82, 2.24) is 20.2 Å². The minimum absolute atomic E-state index is 0.0410. The fourth-order valence-corrected chi connectivity index (χ4v) is 3.37. The van der Waals surface area contributed by atoms with Crippen molar-refractivity contribution in [3.63, 3.8) is 0 Å². The zero-order chi connectivity index (χ0) is 22.0. The molecule has 2 N–H and O–H groups in total. The first-order chi connectivity index (χ1) is 14.8. The fraction of sp³-hybridized carbons (Fsp3) is 0.333. The van der Waals surface area contributed by atoms with Gasteiger partial charge in [0.25, 0.3) is 11.8 Å². The summed E-state index contributed by atoms with van der Waals surface area (Å²) in [4.78, 5) is 22.9. The van der Waals surface area contributed by atoms with Crippen LogP contribution in [0, 0.1) is 0 Å². The van der Waals surface area contributed by atoms with Gasteiger partial charge in [-0.1, -0.05) is 0 Å². The summed E-state index contributed by atoms with van der Waals surface area (Å²) in [5.74, 6) is -2.55. The molecular weight excluding hydrogens is 406 g/mol. The van der Waals surface area contributed by atoms with E-state index in [1.807, 2.05) is 13.8 Å². The third-order valence-corrected chi connectivity index (χ3v) is 4.78. The molecule has 8 nitrogen and oxygen atoms in total. The Bertz CT molecular complexity index is 1050. The van der Waals surface area contributed by atoms with Gasteiger partial charge in [-0.25, -0.2) is 18.7 Å². The van der Waals surface area contributed by atoms with Gasteiger partial charge in [0, 0.05) is 43.2 Å². The monoisotopic (exact) mass is 428 g/mol. The number of aromatic nitrogens is 4. The second kappa shape index (κ2) is 8.29. The Labute approximate surface area is 177 Å². The lowest BCUT2D eigenvalue weighted by Gasteiger charge is -2.22. The van der Waals surface area contributed by atoms with Crippen molar-refractivity contribution in [3.05, 3.63) is 48.4 Å². The van der Waals surface area contributed by atoms with Crippen molar-refractivity contribution in [2.45, 2.75) is 32.3 Å². The summed E-state index contributed by atoms with van der Waals surface area (Å²) >= 11 is 0. The predicted octanol–water partition coefficient (Wildman–Crippen LogP) is 3.75. The topological polar surface area (TPSA) is 96.0 Å². The predicted molar refractivity (Wildman–Crippen MR) is 112 cm³/mol. The van der Waals surface area contributed by atoms with E-state index in [0.29, 0.717) is 28.4 Å². The molecule has 0 spiro atoms. The van der Waals surface area contributed by atoms with Crippen LogP contribution in [0.3, 0.4) is 0 Å². The number of carbonyl (C=O) groups excluding carboxylic acids is 1. The number of nitrogens with one attached hydrogen (secondary N) is 2. The number of alkyl halides is 2. The number of amides is 1. The zero-order valence-electron chi connectivity index (χ0n) is 17.1. The zero-order valence-corrected chi connectivity index (χ0v) is 17.1. The molecule has 0 saturated carbocycles. The molecule has 1 fully saturated rings. The number of aromatic amines is 1. The van der Waals surface area contributed by atoms with Crippen molar-refractivity contribution >= 4 is 17.4 Å². The lowest BCUT2D eigenvalue weighted by atomic mass is 10.1. The van der Waals surface area contributed by atoms with Crippen LogP contribution in [0.1, 0.15) is 30.6 Å². The number of hydrogen-bond donors (Lipinski definition) is 2. The third-order valence-electron chi connectivity index (χ3n) is 4.78. The van der Waals surface area contributed by atoms with Crippen LogP contribution in [0.25, 0.3) is 11.3 Å². The molecule has 0 unspecified atom stereocenters. The maximum absolute atomic E-state index is 13.8. The Hall–Kier alpha value is -3.56. The molecule has 3 aromatic rings. The molecular formula is C21H22F2N6O2. The average molecular weight is 428 g/mol. The van der Waals surface area contributed by atoms with Crippen molar-refractivity contribution < 1.29 is 18.3 Å². The van der Waals surface area contributed by atoms with Crippen LogP contribution in [-0.2, 0) is 0 Å². The molecule has 0 atom stereocenters. The number of H-pyrrole nitrogens is 1. The van der Waals surface area contributed by atoms with Crippen LogP contribution in [0.15, 0.2) is 42.9 Å². The summed E-state index contributed by atoms with van der Waals surface area (Å²) in [5.41, 5.74) is 1.85. The van der Waals surface area contributed by atoms with Gasteiger partial charge in [0.2, 0.25) is 5.88 Å². The van der Waals surface area contributed by atoms with Gasteiger partial charge in [0.1, 0.15) is 0 Å². The molecule has 4 heterocycles. The highest BCUT2D eigenvalue weighted by molar-refractivity contribution is 6.08. The smallest absolute Gasteiger partial charge is 0.266 e. The van der Waals surface area contributed by atoms with Crippen LogP contribution in [-0.4, -0.2) is 51.2 Å². The lowest BCUT2D eigenvalue weighted by Crippen LogP contribution is -2.27. The first-order valence-corrected chi connectivity index (χ1v) is 9.88. The van der Waals surface area contributed by atoms with E-state index >= 15 is 0 Å². The van der Waals surface area contributed by atoms with E-state index in [0.717, 1.165) is 0 Å². The van der Waals surface area contributed by atoms with E-state index in [4.69, 9.17) is 4.74 Å². The molecule has 31 heavy (non-hydrogen) atoms. The molecule has 4 rings (SSSR count). The second-order valence-electron chi connectivity index (χ2n) is 7.56. The standard InChI is InChI=1S/C21H22F2N6O2/c1-13(2)31-17-4-3-14(11-25-17)20(30)27-18-15(16-6-9-26-28-16)5-8-24-19(18)29-10-7-21(22,23)12-29/h3-6,8-9,11,13H,7,10,12H2,1-2H3,(H,26,28)(H,27,30). The van der Waals surface area contributed by atoms with Crippen LogP contribution in [0.4, 0.5) is 20.3 Å². The third kappa shape index (κ3) is 4.62. The molecule has 0 aliphatic carbocycles. The Kier molecular flexibility index (Phi) is 5.53. The normalized spacial score (nSPS) is 15.3. The Morgan fingerprint density at radius 2 is 2.06 bits per heavy atom. The molecule has 10 heteroatoms. The van der Waals surface area contributed by atoms with Gasteiger partial charge in [-0.15, -0.1) is 0 Å². The number of nitrogens with zero attached hydrogens (tertiary/aromatic N) is 4. The fourth-order valence-electron chi connectivity index (χ4n) is 3.37. The van der Waals surface area contributed by atoms with Crippen LogP contribution in [0.2, 0.25) is 0 Å². The second-order valence-corrected chi connectivity index (χ2v) is 7.56. The summed E-state index contributed by atoms with van der Waals surface area (Å²) in [7, 11) is 0. The highest BCUT2D eigenvalue weighted by Crippen LogP contribution is 2.38. The molecule has 1 aliphatic rings. The van der Waals surface area contributed by atoms with Crippen molar-refractivity contribution in [2.75, 3.05) is 23.3 Å². The van der Waals surface area contributed by atoms with Gasteiger partial charge in [0.05, 0.1) is 29.6 Å². The van der Waals surface area contributed by atoms with Crippen LogP contribution >= 0.6 is 0 Å². The number of pyridine rings is 2. The van der Waals surface area contributed by atoms with Crippen molar-refractivity contribution in [2.24, 2.45) is 0 Å². The number of anilines is 2. The molecule has 1 aliphatic heterocycles. The van der Waals surface area contributed by atoms with Gasteiger partial charge < -0.3 is 15.0 Å². The molecule has 1 saturated heterocycles. The highest BCUT2D eigenvalue weighted by Gasteiger charge is 2.40. The molecule has 1 amide bonds. The molecule has 3 aromatic heterocycles. The summed E-state index contributed by atoms with van der Waals surface area (Å²) in [6, 6.07) is 6.62. The molecule has 0 radical (unpaired) electrons. The Morgan fingerprint density at radius 3 is 2.68 bits per heavy atom. The number of halogens is 2. The van der Waals surface area contributed by atoms with Crippen LogP contribution < -0.4 is 15.0 Å². The van der Waals surface area contributed by atoms with Crippen molar-refractivity contribution in [3.8, 4) is 17.1 Å². The van der Waals surface area contributed by atoms with Gasteiger partial charge in [-0.2, -0.15) is 5.10 Å².